The van der Waals surface area contributed by atoms with Gasteiger partial charge in [-0.15, -0.1) is 11.3 Å². The lowest BCUT2D eigenvalue weighted by atomic mass is 10.2. The highest BCUT2D eigenvalue weighted by Gasteiger charge is 2.17. The fourth-order valence-corrected chi connectivity index (χ4v) is 4.25. The van der Waals surface area contributed by atoms with Gasteiger partial charge in [0.1, 0.15) is 22.3 Å². The van der Waals surface area contributed by atoms with Gasteiger partial charge in [0, 0.05) is 23.1 Å². The van der Waals surface area contributed by atoms with E-state index in [1.54, 1.807) is 13.2 Å². The number of ether oxygens (including phenoxy) is 1. The van der Waals surface area contributed by atoms with Gasteiger partial charge < -0.3 is 15.0 Å². The summed E-state index contributed by atoms with van der Waals surface area (Å²) in [4.78, 5) is 20.4. The van der Waals surface area contributed by atoms with Gasteiger partial charge in [0.15, 0.2) is 0 Å². The van der Waals surface area contributed by atoms with E-state index >= 15 is 0 Å². The number of benzene rings is 2. The van der Waals surface area contributed by atoms with Gasteiger partial charge in [0.25, 0.3) is 5.91 Å². The summed E-state index contributed by atoms with van der Waals surface area (Å²) >= 11 is 7.72. The molecule has 0 unspecified atom stereocenters. The van der Waals surface area contributed by atoms with Crippen molar-refractivity contribution in [3.05, 3.63) is 57.9 Å². The normalized spacial score (nSPS) is 11.2. The van der Waals surface area contributed by atoms with Crippen LogP contribution in [0.4, 0.5) is 4.39 Å². The molecule has 2 N–H and O–H groups in total. The van der Waals surface area contributed by atoms with E-state index in [0.29, 0.717) is 45.5 Å². The van der Waals surface area contributed by atoms with Crippen molar-refractivity contribution in [2.24, 2.45) is 0 Å². The zero-order valence-electron chi connectivity index (χ0n) is 14.3. The molecule has 1 amide bonds. The number of H-pyrrole nitrogens is 1. The Morgan fingerprint density at radius 2 is 2.19 bits per heavy atom. The quantitative estimate of drug-likeness (QED) is 0.513. The molecule has 0 fully saturated rings. The molecule has 0 bridgehead atoms. The van der Waals surface area contributed by atoms with Crippen LogP contribution in [0.3, 0.4) is 0 Å². The van der Waals surface area contributed by atoms with E-state index in [1.807, 2.05) is 18.2 Å². The van der Waals surface area contributed by atoms with Crippen molar-refractivity contribution in [3.63, 3.8) is 0 Å². The van der Waals surface area contributed by atoms with Gasteiger partial charge in [-0.1, -0.05) is 11.6 Å². The summed E-state index contributed by atoms with van der Waals surface area (Å²) in [6.45, 7) is 0.384. The number of carbonyl (C=O) groups excluding carboxylic acids is 1. The Labute approximate surface area is 163 Å². The first-order chi connectivity index (χ1) is 13.0. The Morgan fingerprint density at radius 1 is 1.33 bits per heavy atom. The first kappa shape index (κ1) is 17.8. The van der Waals surface area contributed by atoms with Crippen molar-refractivity contribution in [1.82, 2.24) is 15.3 Å². The number of hydrogen-bond donors (Lipinski definition) is 2. The van der Waals surface area contributed by atoms with Crippen LogP contribution in [0.25, 0.3) is 21.1 Å². The molecule has 0 radical (unpaired) electrons. The van der Waals surface area contributed by atoms with Crippen LogP contribution >= 0.6 is 22.9 Å². The summed E-state index contributed by atoms with van der Waals surface area (Å²) < 4.78 is 19.4. The number of aromatic nitrogens is 2. The predicted octanol–water partition coefficient (Wildman–Crippen LogP) is 4.55. The molecule has 8 heteroatoms. The van der Waals surface area contributed by atoms with Gasteiger partial charge in [-0.3, -0.25) is 4.79 Å². The van der Waals surface area contributed by atoms with Crippen molar-refractivity contribution in [2.45, 2.75) is 6.42 Å². The van der Waals surface area contributed by atoms with Crippen LogP contribution in [-0.4, -0.2) is 29.5 Å². The topological polar surface area (TPSA) is 67.0 Å². The standard InChI is InChI=1S/C19H15ClFN3O2S/c1-26-11-3-5-15-12(9-11)17(20)18(27-15)19(25)22-7-6-16-23-13-4-2-10(21)8-14(13)24-16/h2-5,8-9H,6-7H2,1H3,(H,22,25)(H,23,24). The molecule has 4 aromatic rings. The lowest BCUT2D eigenvalue weighted by Gasteiger charge is -2.02. The van der Waals surface area contributed by atoms with Crippen molar-refractivity contribution < 1.29 is 13.9 Å². The number of amides is 1. The van der Waals surface area contributed by atoms with E-state index in [9.17, 15) is 9.18 Å². The van der Waals surface area contributed by atoms with Gasteiger partial charge in [0.2, 0.25) is 0 Å². The van der Waals surface area contributed by atoms with Crippen molar-refractivity contribution in [2.75, 3.05) is 13.7 Å². The van der Waals surface area contributed by atoms with Crippen LogP contribution in [0.2, 0.25) is 5.02 Å². The highest BCUT2D eigenvalue weighted by molar-refractivity contribution is 7.21. The molecule has 0 atom stereocenters. The first-order valence-electron chi connectivity index (χ1n) is 8.23. The molecule has 27 heavy (non-hydrogen) atoms. The Kier molecular flexibility index (Phi) is 4.72. The molecule has 4 rings (SSSR count). The minimum absolute atomic E-state index is 0.234. The third-order valence-electron chi connectivity index (χ3n) is 4.18. The maximum atomic E-state index is 13.2. The molecule has 2 aromatic heterocycles. The SMILES string of the molecule is COc1ccc2sc(C(=O)NCCc3nc4ccc(F)cc4[nH]3)c(Cl)c2c1. The highest BCUT2D eigenvalue weighted by Crippen LogP contribution is 2.37. The minimum atomic E-state index is -0.318. The Hall–Kier alpha value is -2.64. The molecule has 0 saturated heterocycles. The van der Waals surface area contributed by atoms with Gasteiger partial charge in [0.05, 0.1) is 23.2 Å². The van der Waals surface area contributed by atoms with Gasteiger partial charge in [-0.2, -0.15) is 0 Å². The zero-order valence-corrected chi connectivity index (χ0v) is 15.9. The predicted molar refractivity (Wildman–Crippen MR) is 105 cm³/mol. The largest absolute Gasteiger partial charge is 0.497 e. The number of fused-ring (bicyclic) bond motifs is 2. The number of rotatable bonds is 5. The molecule has 0 aliphatic heterocycles. The molecule has 0 spiro atoms. The third-order valence-corrected chi connectivity index (χ3v) is 5.86. The van der Waals surface area contributed by atoms with Gasteiger partial charge in [-0.05, 0) is 36.4 Å². The van der Waals surface area contributed by atoms with Crippen LogP contribution in [0.5, 0.6) is 5.75 Å². The molecule has 138 valence electrons. The maximum absolute atomic E-state index is 13.2. The number of nitrogens with zero attached hydrogens (tertiary/aromatic N) is 1. The van der Waals surface area contributed by atoms with E-state index in [2.05, 4.69) is 15.3 Å². The number of nitrogens with one attached hydrogen (secondary N) is 2. The summed E-state index contributed by atoms with van der Waals surface area (Å²) in [7, 11) is 1.58. The molecule has 2 aromatic carbocycles. The molecule has 2 heterocycles. The van der Waals surface area contributed by atoms with E-state index in [4.69, 9.17) is 16.3 Å². The smallest absolute Gasteiger partial charge is 0.262 e. The summed E-state index contributed by atoms with van der Waals surface area (Å²) in [5.41, 5.74) is 1.33. The molecule has 5 nitrogen and oxygen atoms in total. The maximum Gasteiger partial charge on any atom is 0.262 e. The Balaban J connectivity index is 1.45. The second-order valence-corrected chi connectivity index (χ2v) is 7.39. The number of thiophene rings is 1. The van der Waals surface area contributed by atoms with Crippen molar-refractivity contribution in [1.29, 1.82) is 0 Å². The number of imidazole rings is 1. The first-order valence-corrected chi connectivity index (χ1v) is 9.43. The molecular weight excluding hydrogens is 389 g/mol. The minimum Gasteiger partial charge on any atom is -0.497 e. The lowest BCUT2D eigenvalue weighted by molar-refractivity contribution is 0.0958. The lowest BCUT2D eigenvalue weighted by Crippen LogP contribution is -2.25. The number of aromatic amines is 1. The average molecular weight is 404 g/mol. The van der Waals surface area contributed by atoms with Crippen LogP contribution in [0, 0.1) is 5.82 Å². The van der Waals surface area contributed by atoms with Crippen molar-refractivity contribution >= 4 is 50.0 Å². The molecule has 0 aliphatic carbocycles. The van der Waals surface area contributed by atoms with Gasteiger partial charge >= 0.3 is 0 Å². The Bertz CT molecular complexity index is 1150. The second-order valence-electron chi connectivity index (χ2n) is 5.96. The number of hydrogen-bond acceptors (Lipinski definition) is 4. The van der Waals surface area contributed by atoms with E-state index in [0.717, 1.165) is 10.1 Å². The highest BCUT2D eigenvalue weighted by atomic mass is 35.5. The van der Waals surface area contributed by atoms with Crippen LogP contribution in [0.1, 0.15) is 15.5 Å². The van der Waals surface area contributed by atoms with Crippen LogP contribution in [-0.2, 0) is 6.42 Å². The second kappa shape index (κ2) is 7.17. The average Bonchev–Trinajstić information content (AvgIpc) is 3.21. The summed E-state index contributed by atoms with van der Waals surface area (Å²) in [5, 5.41) is 4.07. The Morgan fingerprint density at radius 3 is 3.00 bits per heavy atom. The zero-order chi connectivity index (χ0) is 19.0. The molecular formula is C19H15ClFN3O2S. The summed E-state index contributed by atoms with van der Waals surface area (Å²) in [6.07, 6.45) is 0.498. The number of halogens is 2. The fraction of sp³-hybridized carbons (Fsp3) is 0.158. The third kappa shape index (κ3) is 3.48. The fourth-order valence-electron chi connectivity index (χ4n) is 2.85. The molecule has 0 saturated carbocycles. The van der Waals surface area contributed by atoms with Crippen LogP contribution < -0.4 is 10.1 Å². The monoisotopic (exact) mass is 403 g/mol. The van der Waals surface area contributed by atoms with E-state index in [1.165, 1.54) is 23.5 Å². The van der Waals surface area contributed by atoms with Crippen LogP contribution in [0.15, 0.2) is 36.4 Å². The van der Waals surface area contributed by atoms with Crippen molar-refractivity contribution in [3.8, 4) is 5.75 Å². The molecule has 0 aliphatic rings. The number of methoxy groups -OCH3 is 1. The van der Waals surface area contributed by atoms with Gasteiger partial charge in [-0.25, -0.2) is 9.37 Å². The summed E-state index contributed by atoms with van der Waals surface area (Å²) in [6, 6.07) is 9.92. The van der Waals surface area contributed by atoms with E-state index in [-0.39, 0.29) is 11.7 Å². The number of carbonyl (C=O) groups is 1. The summed E-state index contributed by atoms with van der Waals surface area (Å²) in [5.74, 6) is 0.822. The van der Waals surface area contributed by atoms with E-state index < -0.39 is 0 Å².